The maximum absolute atomic E-state index is 11.8. The minimum atomic E-state index is -4.57. The Morgan fingerprint density at radius 2 is 1.81 bits per heavy atom. The number of carboxylic acid groups (broad SMARTS) is 1. The van der Waals surface area contributed by atoms with Gasteiger partial charge in [-0.2, -0.15) is 13.2 Å². The maximum atomic E-state index is 11.8. The van der Waals surface area contributed by atoms with Gasteiger partial charge in [-0.3, -0.25) is 4.79 Å². The molecule has 0 radical (unpaired) electrons. The van der Waals surface area contributed by atoms with Gasteiger partial charge in [-0.25, -0.2) is 4.79 Å². The third-order valence-corrected chi connectivity index (χ3v) is 2.71. The van der Waals surface area contributed by atoms with Crippen molar-refractivity contribution in [2.75, 3.05) is 18.5 Å². The zero-order valence-electron chi connectivity index (χ0n) is 10.1. The van der Waals surface area contributed by atoms with Crippen LogP contribution in [0.2, 0.25) is 10.0 Å². The molecule has 0 aromatic heterocycles. The lowest BCUT2D eigenvalue weighted by Gasteiger charge is -2.12. The summed E-state index contributed by atoms with van der Waals surface area (Å²) in [6, 6.07) is 2.45. The molecule has 0 saturated carbocycles. The summed E-state index contributed by atoms with van der Waals surface area (Å²) in [4.78, 5) is 22.5. The molecule has 1 rings (SSSR count). The Bertz CT molecular complexity index is 563. The number of rotatable bonds is 5. The van der Waals surface area contributed by atoms with Crippen LogP contribution in [0.15, 0.2) is 12.1 Å². The van der Waals surface area contributed by atoms with Crippen LogP contribution >= 0.6 is 23.2 Å². The van der Waals surface area contributed by atoms with Crippen LogP contribution in [0.25, 0.3) is 0 Å². The zero-order valence-corrected chi connectivity index (χ0v) is 11.6. The molecule has 0 unspecified atom stereocenters. The fourth-order valence-corrected chi connectivity index (χ4v) is 1.76. The maximum Gasteiger partial charge on any atom is 0.411 e. The van der Waals surface area contributed by atoms with E-state index in [2.05, 4.69) is 10.1 Å². The van der Waals surface area contributed by atoms with Crippen molar-refractivity contribution in [2.45, 2.75) is 6.18 Å². The second-order valence-corrected chi connectivity index (χ2v) is 4.55. The summed E-state index contributed by atoms with van der Waals surface area (Å²) in [5.41, 5.74) is -0.773. The number of amides is 1. The Morgan fingerprint density at radius 1 is 1.24 bits per heavy atom. The van der Waals surface area contributed by atoms with E-state index in [9.17, 15) is 22.8 Å². The zero-order chi connectivity index (χ0) is 16.2. The van der Waals surface area contributed by atoms with E-state index in [0.29, 0.717) is 0 Å². The largest absolute Gasteiger partial charge is 0.478 e. The topological polar surface area (TPSA) is 75.6 Å². The third-order valence-electron chi connectivity index (χ3n) is 2.08. The summed E-state index contributed by atoms with van der Waals surface area (Å²) in [5, 5.41) is 10.7. The number of alkyl halides is 3. The van der Waals surface area contributed by atoms with Crippen LogP contribution in [0.1, 0.15) is 10.4 Å². The van der Waals surface area contributed by atoms with Gasteiger partial charge in [0.05, 0.1) is 15.7 Å². The fraction of sp³-hybridized carbons (Fsp3) is 0.273. The molecule has 21 heavy (non-hydrogen) atoms. The molecule has 0 bridgehead atoms. The lowest BCUT2D eigenvalue weighted by molar-refractivity contribution is -0.174. The van der Waals surface area contributed by atoms with Crippen LogP contribution in [-0.2, 0) is 9.53 Å². The number of carbonyl (C=O) groups is 2. The van der Waals surface area contributed by atoms with Crippen LogP contribution in [0.3, 0.4) is 0 Å². The van der Waals surface area contributed by atoms with Crippen LogP contribution in [-0.4, -0.2) is 36.4 Å². The SMILES string of the molecule is O=C(COCC(F)(F)F)Nc1c(Cl)ccc(Cl)c1C(=O)O. The van der Waals surface area contributed by atoms with Gasteiger partial charge in [0.2, 0.25) is 5.91 Å². The number of benzene rings is 1. The second kappa shape index (κ2) is 6.97. The summed E-state index contributed by atoms with van der Waals surface area (Å²) >= 11 is 11.4. The summed E-state index contributed by atoms with van der Waals surface area (Å²) in [5.74, 6) is -2.44. The van der Waals surface area contributed by atoms with Gasteiger partial charge in [0.25, 0.3) is 0 Å². The van der Waals surface area contributed by atoms with Crippen LogP contribution < -0.4 is 5.32 Å². The third kappa shape index (κ3) is 5.41. The Hall–Kier alpha value is -1.51. The molecule has 0 spiro atoms. The Balaban J connectivity index is 2.81. The summed E-state index contributed by atoms with van der Waals surface area (Å²) < 4.78 is 39.7. The van der Waals surface area contributed by atoms with Crippen molar-refractivity contribution in [1.82, 2.24) is 0 Å². The summed E-state index contributed by atoms with van der Waals surface area (Å²) in [6.45, 7) is -2.52. The van der Waals surface area contributed by atoms with E-state index in [1.54, 1.807) is 0 Å². The van der Waals surface area contributed by atoms with Crippen molar-refractivity contribution in [2.24, 2.45) is 0 Å². The minimum Gasteiger partial charge on any atom is -0.478 e. The van der Waals surface area contributed by atoms with Gasteiger partial charge in [0.1, 0.15) is 18.8 Å². The highest BCUT2D eigenvalue weighted by atomic mass is 35.5. The lowest BCUT2D eigenvalue weighted by atomic mass is 10.1. The van der Waals surface area contributed by atoms with E-state index in [1.807, 2.05) is 0 Å². The van der Waals surface area contributed by atoms with Crippen LogP contribution in [0.5, 0.6) is 0 Å². The number of anilines is 1. The first-order valence-electron chi connectivity index (χ1n) is 5.27. The van der Waals surface area contributed by atoms with E-state index in [0.717, 1.165) is 0 Å². The molecule has 10 heteroatoms. The van der Waals surface area contributed by atoms with Crippen molar-refractivity contribution >= 4 is 40.8 Å². The first-order chi connectivity index (χ1) is 9.61. The van der Waals surface area contributed by atoms with Gasteiger partial charge in [-0.1, -0.05) is 23.2 Å². The first kappa shape index (κ1) is 17.5. The van der Waals surface area contributed by atoms with E-state index in [-0.39, 0.29) is 15.7 Å². The molecule has 116 valence electrons. The number of hydrogen-bond donors (Lipinski definition) is 2. The van der Waals surface area contributed by atoms with Crippen molar-refractivity contribution in [3.05, 3.63) is 27.7 Å². The average Bonchev–Trinajstić information content (AvgIpc) is 2.31. The number of halogens is 5. The number of nitrogens with one attached hydrogen (secondary N) is 1. The van der Waals surface area contributed by atoms with E-state index < -0.39 is 36.8 Å². The molecule has 0 aliphatic rings. The summed E-state index contributed by atoms with van der Waals surface area (Å²) in [6.07, 6.45) is -4.57. The number of aromatic carboxylic acids is 1. The Labute approximate surface area is 126 Å². The molecule has 1 aromatic carbocycles. The fourth-order valence-electron chi connectivity index (χ4n) is 1.32. The molecule has 0 aliphatic carbocycles. The molecule has 0 fully saturated rings. The van der Waals surface area contributed by atoms with Crippen molar-refractivity contribution in [1.29, 1.82) is 0 Å². The van der Waals surface area contributed by atoms with E-state index >= 15 is 0 Å². The van der Waals surface area contributed by atoms with E-state index in [4.69, 9.17) is 28.3 Å². The lowest BCUT2D eigenvalue weighted by Crippen LogP contribution is -2.24. The predicted molar refractivity (Wildman–Crippen MR) is 68.9 cm³/mol. The van der Waals surface area contributed by atoms with Crippen molar-refractivity contribution in [3.63, 3.8) is 0 Å². The monoisotopic (exact) mass is 345 g/mol. The van der Waals surface area contributed by atoms with Gasteiger partial charge in [0, 0.05) is 0 Å². The van der Waals surface area contributed by atoms with Gasteiger partial charge >= 0.3 is 12.1 Å². The highest BCUT2D eigenvalue weighted by molar-refractivity contribution is 6.38. The molecule has 1 amide bonds. The highest BCUT2D eigenvalue weighted by Gasteiger charge is 2.28. The number of ether oxygens (including phenoxy) is 1. The quantitative estimate of drug-likeness (QED) is 0.859. The first-order valence-corrected chi connectivity index (χ1v) is 6.03. The van der Waals surface area contributed by atoms with Gasteiger partial charge < -0.3 is 15.2 Å². The standard InChI is InChI=1S/C11H8Cl2F3NO4/c12-5-1-2-6(13)9(8(5)10(19)20)17-7(18)3-21-4-11(14,15)16/h1-2H,3-4H2,(H,17,18)(H,19,20). The van der Waals surface area contributed by atoms with Crippen molar-refractivity contribution in [3.8, 4) is 0 Å². The summed E-state index contributed by atoms with van der Waals surface area (Å²) in [7, 11) is 0. The molecule has 0 atom stereocenters. The second-order valence-electron chi connectivity index (χ2n) is 3.74. The molecule has 1 aromatic rings. The molecule has 0 saturated heterocycles. The van der Waals surface area contributed by atoms with Gasteiger partial charge in [0.15, 0.2) is 0 Å². The molecule has 5 nitrogen and oxygen atoms in total. The molecule has 2 N–H and O–H groups in total. The molecular weight excluding hydrogens is 338 g/mol. The number of carbonyl (C=O) groups excluding carboxylic acids is 1. The molecule has 0 heterocycles. The molecular formula is C11H8Cl2F3NO4. The normalized spacial score (nSPS) is 11.3. The highest BCUT2D eigenvalue weighted by Crippen LogP contribution is 2.31. The smallest absolute Gasteiger partial charge is 0.411 e. The Morgan fingerprint density at radius 3 is 2.33 bits per heavy atom. The number of hydrogen-bond acceptors (Lipinski definition) is 3. The van der Waals surface area contributed by atoms with Gasteiger partial charge in [-0.15, -0.1) is 0 Å². The number of carboxylic acids is 1. The van der Waals surface area contributed by atoms with E-state index in [1.165, 1.54) is 12.1 Å². The average molecular weight is 346 g/mol. The minimum absolute atomic E-state index is 0.124. The predicted octanol–water partition coefficient (Wildman–Crippen LogP) is 3.21. The molecule has 0 aliphatic heterocycles. The Kier molecular flexibility index (Phi) is 5.82. The van der Waals surface area contributed by atoms with Crippen LogP contribution in [0, 0.1) is 0 Å². The van der Waals surface area contributed by atoms with Crippen LogP contribution in [0.4, 0.5) is 18.9 Å². The van der Waals surface area contributed by atoms with Gasteiger partial charge in [-0.05, 0) is 12.1 Å². The van der Waals surface area contributed by atoms with Crippen molar-refractivity contribution < 1.29 is 32.6 Å².